The Labute approximate surface area is 280 Å². The number of fused-ring (bicyclic) bond motifs is 2. The van der Waals surface area contributed by atoms with Crippen molar-refractivity contribution in [1.29, 1.82) is 0 Å². The summed E-state index contributed by atoms with van der Waals surface area (Å²) in [5.74, 6) is 1.76. The molecule has 0 amide bonds. The van der Waals surface area contributed by atoms with E-state index < -0.39 is 0 Å². The molecule has 0 saturated heterocycles. The Morgan fingerprint density at radius 1 is 0.333 bits per heavy atom. The summed E-state index contributed by atoms with van der Waals surface area (Å²) >= 11 is 0. The molecule has 9 rings (SSSR count). The van der Waals surface area contributed by atoms with Gasteiger partial charge in [0.25, 0.3) is 0 Å². The molecule has 1 heterocycles. The van der Waals surface area contributed by atoms with Crippen LogP contribution in [0.2, 0.25) is 0 Å². The SMILES string of the molecule is c1ccc(-c2ccc(N(c3ccc(-c4ccccc4)cc3)c3ccc4c(c3)Oc3c(-c5ccccc5)ccc5cccc-4c35)cc2)cc1. The minimum Gasteiger partial charge on any atom is -0.455 e. The molecule has 0 fully saturated rings. The first kappa shape index (κ1) is 27.9. The van der Waals surface area contributed by atoms with Crippen LogP contribution in [-0.2, 0) is 0 Å². The third kappa shape index (κ3) is 4.92. The molecule has 1 aliphatic rings. The Morgan fingerprint density at radius 2 is 0.833 bits per heavy atom. The lowest BCUT2D eigenvalue weighted by Gasteiger charge is -2.29. The maximum atomic E-state index is 6.92. The number of anilines is 3. The van der Waals surface area contributed by atoms with Gasteiger partial charge < -0.3 is 9.64 Å². The summed E-state index contributed by atoms with van der Waals surface area (Å²) in [6.07, 6.45) is 0. The van der Waals surface area contributed by atoms with Crippen molar-refractivity contribution in [3.63, 3.8) is 0 Å². The van der Waals surface area contributed by atoms with E-state index in [1.165, 1.54) is 33.2 Å². The minimum absolute atomic E-state index is 0.850. The normalized spacial score (nSPS) is 11.5. The highest BCUT2D eigenvalue weighted by atomic mass is 16.5. The molecule has 48 heavy (non-hydrogen) atoms. The zero-order valence-electron chi connectivity index (χ0n) is 26.3. The van der Waals surface area contributed by atoms with E-state index in [2.05, 4.69) is 193 Å². The van der Waals surface area contributed by atoms with E-state index in [0.717, 1.165) is 50.6 Å². The summed E-state index contributed by atoms with van der Waals surface area (Å²) in [7, 11) is 0. The van der Waals surface area contributed by atoms with Gasteiger partial charge in [0, 0.05) is 39.6 Å². The molecule has 0 N–H and O–H groups in total. The molecular weight excluding hydrogens is 583 g/mol. The summed E-state index contributed by atoms with van der Waals surface area (Å²) in [4.78, 5) is 2.31. The van der Waals surface area contributed by atoms with Crippen LogP contribution in [0.1, 0.15) is 0 Å². The monoisotopic (exact) mass is 613 g/mol. The summed E-state index contributed by atoms with van der Waals surface area (Å²) in [5.41, 5.74) is 12.5. The van der Waals surface area contributed by atoms with E-state index >= 15 is 0 Å². The summed E-state index contributed by atoms with van der Waals surface area (Å²) in [6.45, 7) is 0. The molecule has 2 nitrogen and oxygen atoms in total. The molecule has 0 atom stereocenters. The third-order valence-electron chi connectivity index (χ3n) is 9.27. The fourth-order valence-electron chi connectivity index (χ4n) is 6.90. The number of rotatable bonds is 6. The second-order valence-electron chi connectivity index (χ2n) is 12.2. The van der Waals surface area contributed by atoms with Crippen molar-refractivity contribution in [2.75, 3.05) is 4.90 Å². The van der Waals surface area contributed by atoms with Gasteiger partial charge in [0.05, 0.1) is 0 Å². The van der Waals surface area contributed by atoms with E-state index in [9.17, 15) is 0 Å². The summed E-state index contributed by atoms with van der Waals surface area (Å²) < 4.78 is 6.92. The Hall–Kier alpha value is -6.38. The van der Waals surface area contributed by atoms with Crippen LogP contribution in [0.25, 0.3) is 55.3 Å². The second kappa shape index (κ2) is 11.8. The fraction of sp³-hybridized carbons (Fsp3) is 0. The molecule has 0 saturated carbocycles. The van der Waals surface area contributed by atoms with Gasteiger partial charge >= 0.3 is 0 Å². The van der Waals surface area contributed by atoms with Crippen LogP contribution >= 0.6 is 0 Å². The first-order valence-corrected chi connectivity index (χ1v) is 16.3. The molecule has 8 aromatic carbocycles. The first-order valence-electron chi connectivity index (χ1n) is 16.3. The van der Waals surface area contributed by atoms with Gasteiger partial charge in [0.1, 0.15) is 11.5 Å². The zero-order chi connectivity index (χ0) is 31.9. The van der Waals surface area contributed by atoms with Gasteiger partial charge in [-0.2, -0.15) is 0 Å². The van der Waals surface area contributed by atoms with Crippen molar-refractivity contribution < 1.29 is 4.74 Å². The van der Waals surface area contributed by atoms with E-state index in [-0.39, 0.29) is 0 Å². The van der Waals surface area contributed by atoms with Crippen molar-refractivity contribution >= 4 is 27.8 Å². The second-order valence-corrected chi connectivity index (χ2v) is 12.2. The van der Waals surface area contributed by atoms with E-state index in [1.54, 1.807) is 0 Å². The van der Waals surface area contributed by atoms with Crippen LogP contribution in [0.15, 0.2) is 188 Å². The summed E-state index contributed by atoms with van der Waals surface area (Å²) in [5, 5.41) is 2.33. The number of benzene rings is 8. The highest BCUT2D eigenvalue weighted by molar-refractivity contribution is 6.07. The van der Waals surface area contributed by atoms with Crippen molar-refractivity contribution in [2.45, 2.75) is 0 Å². The van der Waals surface area contributed by atoms with Crippen LogP contribution < -0.4 is 9.64 Å². The Morgan fingerprint density at radius 3 is 1.42 bits per heavy atom. The van der Waals surface area contributed by atoms with Crippen molar-refractivity contribution in [3.05, 3.63) is 188 Å². The molecule has 0 spiro atoms. The Kier molecular flexibility index (Phi) is 6.84. The van der Waals surface area contributed by atoms with Crippen molar-refractivity contribution in [3.8, 4) is 56.0 Å². The minimum atomic E-state index is 0.850. The van der Waals surface area contributed by atoms with Gasteiger partial charge in [-0.3, -0.25) is 0 Å². The molecule has 0 aromatic heterocycles. The zero-order valence-corrected chi connectivity index (χ0v) is 26.3. The van der Waals surface area contributed by atoms with Gasteiger partial charge in [-0.1, -0.05) is 140 Å². The van der Waals surface area contributed by atoms with Gasteiger partial charge in [0.2, 0.25) is 0 Å². The molecular formula is C46H31NO. The lowest BCUT2D eigenvalue weighted by Crippen LogP contribution is -2.10. The van der Waals surface area contributed by atoms with Crippen LogP contribution in [0.5, 0.6) is 11.5 Å². The smallest absolute Gasteiger partial charge is 0.143 e. The average molecular weight is 614 g/mol. The largest absolute Gasteiger partial charge is 0.455 e. The molecule has 0 bridgehead atoms. The topological polar surface area (TPSA) is 12.5 Å². The standard InChI is InChI=1S/C46H31NO/c1-4-11-32(12-5-1)34-19-24-38(25-20-34)47(39-26-21-35(22-27-39)33-13-6-2-7-14-33)40-28-30-42-43-18-10-17-37-23-29-41(36-15-8-3-9-16-36)46(45(37)43)48-44(42)31-40/h1-31H. The van der Waals surface area contributed by atoms with Crippen molar-refractivity contribution in [1.82, 2.24) is 0 Å². The van der Waals surface area contributed by atoms with Crippen LogP contribution in [0.4, 0.5) is 17.1 Å². The van der Waals surface area contributed by atoms with Crippen LogP contribution in [-0.4, -0.2) is 0 Å². The number of hydrogen-bond donors (Lipinski definition) is 0. The van der Waals surface area contributed by atoms with E-state index in [0.29, 0.717) is 0 Å². The van der Waals surface area contributed by atoms with Crippen molar-refractivity contribution in [2.24, 2.45) is 0 Å². The maximum Gasteiger partial charge on any atom is 0.143 e. The predicted octanol–water partition coefficient (Wildman–Crippen LogP) is 13.1. The molecule has 0 unspecified atom stereocenters. The lowest BCUT2D eigenvalue weighted by molar-refractivity contribution is 0.489. The van der Waals surface area contributed by atoms with Crippen LogP contribution in [0.3, 0.4) is 0 Å². The number of hydrogen-bond acceptors (Lipinski definition) is 2. The Bertz CT molecular complexity index is 2300. The Balaban J connectivity index is 1.17. The highest BCUT2D eigenvalue weighted by Crippen LogP contribution is 2.52. The fourth-order valence-corrected chi connectivity index (χ4v) is 6.90. The average Bonchev–Trinajstić information content (AvgIpc) is 3.17. The van der Waals surface area contributed by atoms with Gasteiger partial charge in [-0.25, -0.2) is 0 Å². The van der Waals surface area contributed by atoms with Gasteiger partial charge in [0.15, 0.2) is 0 Å². The molecule has 8 aromatic rings. The summed E-state index contributed by atoms with van der Waals surface area (Å²) in [6, 6.07) is 66.7. The van der Waals surface area contributed by atoms with Crippen LogP contribution in [0, 0.1) is 0 Å². The van der Waals surface area contributed by atoms with Gasteiger partial charge in [-0.15, -0.1) is 0 Å². The third-order valence-corrected chi connectivity index (χ3v) is 9.27. The molecule has 226 valence electrons. The predicted molar refractivity (Wildman–Crippen MR) is 200 cm³/mol. The highest BCUT2D eigenvalue weighted by Gasteiger charge is 2.25. The van der Waals surface area contributed by atoms with E-state index in [1.807, 2.05) is 0 Å². The first-order chi connectivity index (χ1) is 23.8. The molecule has 0 aliphatic carbocycles. The molecule has 0 radical (unpaired) electrons. The number of nitrogens with zero attached hydrogens (tertiary/aromatic N) is 1. The van der Waals surface area contributed by atoms with E-state index in [4.69, 9.17) is 4.74 Å². The number of ether oxygens (including phenoxy) is 1. The lowest BCUT2D eigenvalue weighted by atomic mass is 9.91. The van der Waals surface area contributed by atoms with Gasteiger partial charge in [-0.05, 0) is 81.2 Å². The maximum absolute atomic E-state index is 6.92. The quantitative estimate of drug-likeness (QED) is 0.185. The molecule has 2 heteroatoms. The molecule has 1 aliphatic heterocycles.